The molecule has 1 aliphatic heterocycles. The third kappa shape index (κ3) is 3.96. The first-order valence-corrected chi connectivity index (χ1v) is 8.19. The van der Waals surface area contributed by atoms with Gasteiger partial charge in [-0.2, -0.15) is 0 Å². The van der Waals surface area contributed by atoms with Crippen LogP contribution in [-0.2, 0) is 6.54 Å². The molecule has 2 aromatic rings. The molecule has 6 nitrogen and oxygen atoms in total. The van der Waals surface area contributed by atoms with Crippen LogP contribution in [0.4, 0.5) is 0 Å². The van der Waals surface area contributed by atoms with Gasteiger partial charge in [-0.15, -0.1) is 0 Å². The number of carboxylic acid groups (broad SMARTS) is 1. The Balaban J connectivity index is 1.65. The smallest absolute Gasteiger partial charge is 0.335 e. The molecule has 0 unspecified atom stereocenters. The first-order valence-electron chi connectivity index (χ1n) is 8.19. The third-order valence-corrected chi connectivity index (χ3v) is 4.48. The van der Waals surface area contributed by atoms with Crippen molar-refractivity contribution in [3.8, 4) is 11.3 Å². The average Bonchev–Trinajstić information content (AvgIpc) is 2.63. The maximum absolute atomic E-state index is 10.9. The van der Waals surface area contributed by atoms with Crippen LogP contribution in [0.15, 0.2) is 36.7 Å². The van der Waals surface area contributed by atoms with Crippen molar-refractivity contribution in [2.24, 2.45) is 0 Å². The van der Waals surface area contributed by atoms with Crippen LogP contribution in [-0.4, -0.2) is 52.1 Å². The first kappa shape index (κ1) is 16.5. The van der Waals surface area contributed by atoms with Crippen LogP contribution in [0.1, 0.15) is 28.9 Å². The van der Waals surface area contributed by atoms with Gasteiger partial charge in [0.1, 0.15) is 0 Å². The van der Waals surface area contributed by atoms with Crippen molar-refractivity contribution >= 4 is 5.97 Å². The highest BCUT2D eigenvalue weighted by atomic mass is 16.4. The lowest BCUT2D eigenvalue weighted by molar-refractivity contribution is 0.0697. The summed E-state index contributed by atoms with van der Waals surface area (Å²) >= 11 is 0. The van der Waals surface area contributed by atoms with Crippen molar-refractivity contribution in [1.29, 1.82) is 0 Å². The molecule has 0 amide bonds. The number of aromatic nitrogens is 2. The van der Waals surface area contributed by atoms with Gasteiger partial charge in [-0.25, -0.2) is 4.79 Å². The molecule has 0 atom stereocenters. The number of nitrogens with zero attached hydrogens (tertiary/aromatic N) is 3. The highest BCUT2D eigenvalue weighted by Crippen LogP contribution is 2.18. The van der Waals surface area contributed by atoms with Gasteiger partial charge in [0.25, 0.3) is 0 Å². The zero-order chi connectivity index (χ0) is 16.9. The van der Waals surface area contributed by atoms with E-state index in [0.717, 1.165) is 49.4 Å². The summed E-state index contributed by atoms with van der Waals surface area (Å²) in [6.07, 6.45) is 5.88. The molecule has 2 heterocycles. The maximum atomic E-state index is 10.9. The van der Waals surface area contributed by atoms with Gasteiger partial charge < -0.3 is 10.4 Å². The molecule has 24 heavy (non-hydrogen) atoms. The monoisotopic (exact) mass is 326 g/mol. The van der Waals surface area contributed by atoms with E-state index in [-0.39, 0.29) is 5.56 Å². The average molecular weight is 326 g/mol. The summed E-state index contributed by atoms with van der Waals surface area (Å²) in [5.41, 5.74) is 2.83. The van der Waals surface area contributed by atoms with Gasteiger partial charge in [-0.05, 0) is 45.1 Å². The summed E-state index contributed by atoms with van der Waals surface area (Å²) in [6.45, 7) is 2.94. The van der Waals surface area contributed by atoms with Crippen molar-refractivity contribution in [1.82, 2.24) is 20.2 Å². The number of rotatable bonds is 5. The van der Waals surface area contributed by atoms with Gasteiger partial charge in [0.2, 0.25) is 0 Å². The molecule has 0 spiro atoms. The Morgan fingerprint density at radius 2 is 1.92 bits per heavy atom. The van der Waals surface area contributed by atoms with E-state index >= 15 is 0 Å². The van der Waals surface area contributed by atoms with E-state index in [9.17, 15) is 4.79 Å². The quantitative estimate of drug-likeness (QED) is 0.875. The second-order valence-electron chi connectivity index (χ2n) is 6.17. The summed E-state index contributed by atoms with van der Waals surface area (Å²) in [6, 6.07) is 7.27. The van der Waals surface area contributed by atoms with Crippen molar-refractivity contribution in [2.75, 3.05) is 20.1 Å². The summed E-state index contributed by atoms with van der Waals surface area (Å²) < 4.78 is 0. The van der Waals surface area contributed by atoms with E-state index in [1.165, 1.54) is 0 Å². The Morgan fingerprint density at radius 3 is 2.50 bits per heavy atom. The normalized spacial score (nSPS) is 15.6. The second-order valence-corrected chi connectivity index (χ2v) is 6.17. The predicted octanol–water partition coefficient (Wildman–Crippen LogP) is 2.03. The molecule has 6 heteroatoms. The van der Waals surface area contributed by atoms with Crippen LogP contribution in [0.3, 0.4) is 0 Å². The van der Waals surface area contributed by atoms with Crippen molar-refractivity contribution in [2.45, 2.75) is 25.4 Å². The van der Waals surface area contributed by atoms with E-state index in [4.69, 9.17) is 5.11 Å². The number of nitrogens with one attached hydrogen (secondary N) is 1. The Morgan fingerprint density at radius 1 is 1.21 bits per heavy atom. The standard InChI is InChI=1S/C18H22N4O2/c1-22(16-6-8-19-9-7-16)12-15-10-21-17(11-20-15)13-2-4-14(5-3-13)18(23)24/h2-5,10-11,16,19H,6-9,12H2,1H3,(H,23,24). The molecule has 0 saturated carbocycles. The highest BCUT2D eigenvalue weighted by molar-refractivity contribution is 5.88. The van der Waals surface area contributed by atoms with Gasteiger partial charge >= 0.3 is 5.97 Å². The topological polar surface area (TPSA) is 78.4 Å². The molecule has 1 aromatic heterocycles. The fraction of sp³-hybridized carbons (Fsp3) is 0.389. The molecular weight excluding hydrogens is 304 g/mol. The van der Waals surface area contributed by atoms with Crippen LogP contribution >= 0.6 is 0 Å². The van der Waals surface area contributed by atoms with Crippen LogP contribution in [0, 0.1) is 0 Å². The largest absolute Gasteiger partial charge is 0.478 e. The molecular formula is C18H22N4O2. The fourth-order valence-corrected chi connectivity index (χ4v) is 3.00. The molecule has 126 valence electrons. The van der Waals surface area contributed by atoms with E-state index < -0.39 is 5.97 Å². The van der Waals surface area contributed by atoms with E-state index in [2.05, 4.69) is 27.2 Å². The lowest BCUT2D eigenvalue weighted by atomic mass is 10.1. The zero-order valence-corrected chi connectivity index (χ0v) is 13.8. The Hall–Kier alpha value is -2.31. The Labute approximate surface area is 141 Å². The van der Waals surface area contributed by atoms with Crippen molar-refractivity contribution < 1.29 is 9.90 Å². The molecule has 0 aliphatic carbocycles. The van der Waals surface area contributed by atoms with Crippen LogP contribution in [0.2, 0.25) is 0 Å². The SMILES string of the molecule is CN(Cc1cnc(-c2ccc(C(=O)O)cc2)cn1)C1CCNCC1. The summed E-state index contributed by atoms with van der Waals surface area (Å²) in [7, 11) is 2.14. The summed E-state index contributed by atoms with van der Waals surface area (Å²) in [5, 5.41) is 12.3. The van der Waals surface area contributed by atoms with Gasteiger partial charge in [-0.1, -0.05) is 12.1 Å². The molecule has 1 fully saturated rings. The number of carbonyl (C=O) groups is 1. The fourth-order valence-electron chi connectivity index (χ4n) is 3.00. The number of carboxylic acids is 1. The molecule has 0 bridgehead atoms. The Bertz CT molecular complexity index is 679. The molecule has 1 aliphatic rings. The van der Waals surface area contributed by atoms with Crippen molar-refractivity contribution in [3.63, 3.8) is 0 Å². The molecule has 1 saturated heterocycles. The lowest BCUT2D eigenvalue weighted by Gasteiger charge is -2.31. The van der Waals surface area contributed by atoms with Crippen LogP contribution in [0.5, 0.6) is 0 Å². The van der Waals surface area contributed by atoms with Gasteiger partial charge in [-0.3, -0.25) is 14.9 Å². The lowest BCUT2D eigenvalue weighted by Crippen LogP contribution is -2.40. The number of hydrogen-bond acceptors (Lipinski definition) is 5. The number of piperidine rings is 1. The molecule has 3 rings (SSSR count). The highest BCUT2D eigenvalue weighted by Gasteiger charge is 2.18. The number of hydrogen-bond donors (Lipinski definition) is 2. The predicted molar refractivity (Wildman–Crippen MR) is 91.8 cm³/mol. The van der Waals surface area contributed by atoms with E-state index in [0.29, 0.717) is 6.04 Å². The Kier molecular flexibility index (Phi) is 5.17. The van der Waals surface area contributed by atoms with Gasteiger partial charge in [0.15, 0.2) is 0 Å². The second kappa shape index (κ2) is 7.51. The van der Waals surface area contributed by atoms with Crippen molar-refractivity contribution in [3.05, 3.63) is 47.9 Å². The number of aromatic carboxylic acids is 1. The summed E-state index contributed by atoms with van der Waals surface area (Å²) in [5.74, 6) is -0.927. The summed E-state index contributed by atoms with van der Waals surface area (Å²) in [4.78, 5) is 22.2. The third-order valence-electron chi connectivity index (χ3n) is 4.48. The van der Waals surface area contributed by atoms with Crippen LogP contribution < -0.4 is 5.32 Å². The molecule has 1 aromatic carbocycles. The number of benzene rings is 1. The minimum absolute atomic E-state index is 0.270. The van der Waals surface area contributed by atoms with Gasteiger partial charge in [0.05, 0.1) is 29.3 Å². The zero-order valence-electron chi connectivity index (χ0n) is 13.8. The van der Waals surface area contributed by atoms with Gasteiger partial charge in [0, 0.05) is 18.2 Å². The van der Waals surface area contributed by atoms with Crippen LogP contribution in [0.25, 0.3) is 11.3 Å². The minimum Gasteiger partial charge on any atom is -0.478 e. The maximum Gasteiger partial charge on any atom is 0.335 e. The molecule has 0 radical (unpaired) electrons. The molecule has 2 N–H and O–H groups in total. The minimum atomic E-state index is -0.927. The van der Waals surface area contributed by atoms with E-state index in [1.54, 1.807) is 36.7 Å². The van der Waals surface area contributed by atoms with E-state index in [1.807, 2.05) is 0 Å². The first-order chi connectivity index (χ1) is 11.6.